The molecule has 0 radical (unpaired) electrons. The molecule has 5 heteroatoms. The third-order valence-corrected chi connectivity index (χ3v) is 2.52. The Hall–Kier alpha value is -1.26. The van der Waals surface area contributed by atoms with Crippen molar-refractivity contribution in [3.63, 3.8) is 0 Å². The normalized spacial score (nSPS) is 17.5. The van der Waals surface area contributed by atoms with Gasteiger partial charge in [0.1, 0.15) is 11.6 Å². The van der Waals surface area contributed by atoms with Gasteiger partial charge in [0.15, 0.2) is 0 Å². The number of carbonyl (C=O) groups is 1. The van der Waals surface area contributed by atoms with Gasteiger partial charge in [0.25, 0.3) is 0 Å². The molecule has 0 aromatic rings. The topological polar surface area (TPSA) is 59.9 Å². The summed E-state index contributed by atoms with van der Waals surface area (Å²) in [5, 5.41) is 2.86. The molecule has 19 heavy (non-hydrogen) atoms. The van der Waals surface area contributed by atoms with E-state index in [0.717, 1.165) is 19.4 Å². The second-order valence-electron chi connectivity index (χ2n) is 6.25. The molecule has 1 aliphatic rings. The van der Waals surface area contributed by atoms with Crippen LogP contribution in [0.3, 0.4) is 0 Å². The molecule has 1 N–H and O–H groups in total. The fourth-order valence-corrected chi connectivity index (χ4v) is 1.83. The van der Waals surface area contributed by atoms with Crippen LogP contribution in [0.4, 0.5) is 4.79 Å². The average Bonchev–Trinajstić information content (AvgIpc) is 2.26. The molecule has 1 aliphatic heterocycles. The van der Waals surface area contributed by atoms with Crippen molar-refractivity contribution in [2.75, 3.05) is 13.2 Å². The molecule has 0 aromatic heterocycles. The number of nitrogens with one attached hydrogen (secondary N) is 1. The molecule has 0 spiro atoms. The number of aliphatic imine (C=N–C) groups is 1. The highest BCUT2D eigenvalue weighted by Gasteiger charge is 2.25. The Labute approximate surface area is 115 Å². The summed E-state index contributed by atoms with van der Waals surface area (Å²) in [5.41, 5.74) is -0.498. The van der Waals surface area contributed by atoms with Gasteiger partial charge in [-0.25, -0.2) is 4.79 Å². The van der Waals surface area contributed by atoms with E-state index in [2.05, 4.69) is 24.2 Å². The van der Waals surface area contributed by atoms with Gasteiger partial charge in [0.05, 0.1) is 6.61 Å². The van der Waals surface area contributed by atoms with E-state index in [1.165, 1.54) is 0 Å². The first-order chi connectivity index (χ1) is 8.78. The first-order valence-corrected chi connectivity index (χ1v) is 6.94. The summed E-state index contributed by atoms with van der Waals surface area (Å²) < 4.78 is 10.8. The number of ether oxygens (including phenoxy) is 2. The molecule has 110 valence electrons. The van der Waals surface area contributed by atoms with Gasteiger partial charge in [-0.1, -0.05) is 13.8 Å². The van der Waals surface area contributed by atoms with Crippen molar-refractivity contribution in [2.24, 2.45) is 10.9 Å². The Morgan fingerprint density at radius 1 is 1.47 bits per heavy atom. The standard InChI is InChI=1S/C14H26N2O3/c1-10(2)9-11(12-15-7-6-8-18-12)16-13(17)19-14(3,4)5/h10-11H,6-9H2,1-5H3,(H,16,17)/t11-/m0/s1. The minimum Gasteiger partial charge on any atom is -0.479 e. The van der Waals surface area contributed by atoms with E-state index in [1.54, 1.807) is 0 Å². The summed E-state index contributed by atoms with van der Waals surface area (Å²) in [6.45, 7) is 11.2. The van der Waals surface area contributed by atoms with E-state index >= 15 is 0 Å². The molecule has 5 nitrogen and oxygen atoms in total. The molecule has 1 atom stereocenters. The molecule has 1 heterocycles. The summed E-state index contributed by atoms with van der Waals surface area (Å²) in [7, 11) is 0. The lowest BCUT2D eigenvalue weighted by molar-refractivity contribution is 0.0506. The quantitative estimate of drug-likeness (QED) is 0.854. The lowest BCUT2D eigenvalue weighted by atomic mass is 10.0. The molecule has 1 rings (SSSR count). The highest BCUT2D eigenvalue weighted by Crippen LogP contribution is 2.12. The summed E-state index contributed by atoms with van der Waals surface area (Å²) in [6.07, 6.45) is 1.30. The monoisotopic (exact) mass is 270 g/mol. The molecule has 0 saturated carbocycles. The van der Waals surface area contributed by atoms with Gasteiger partial charge in [0, 0.05) is 13.0 Å². The van der Waals surface area contributed by atoms with Gasteiger partial charge in [-0.05, 0) is 33.1 Å². The molecular weight excluding hydrogens is 244 g/mol. The molecule has 1 amide bonds. The van der Waals surface area contributed by atoms with Crippen LogP contribution in [0, 0.1) is 5.92 Å². The molecule has 0 fully saturated rings. The molecule has 0 aliphatic carbocycles. The van der Waals surface area contributed by atoms with Gasteiger partial charge < -0.3 is 14.8 Å². The summed E-state index contributed by atoms with van der Waals surface area (Å²) in [4.78, 5) is 16.2. The van der Waals surface area contributed by atoms with Crippen molar-refractivity contribution in [2.45, 2.75) is 59.1 Å². The van der Waals surface area contributed by atoms with Crippen LogP contribution in [0.2, 0.25) is 0 Å². The lowest BCUT2D eigenvalue weighted by Gasteiger charge is -2.26. The number of carbonyl (C=O) groups excluding carboxylic acids is 1. The maximum atomic E-state index is 11.8. The van der Waals surface area contributed by atoms with E-state index in [-0.39, 0.29) is 6.04 Å². The predicted octanol–water partition coefficient (Wildman–Crippen LogP) is 2.74. The Morgan fingerprint density at radius 3 is 2.63 bits per heavy atom. The van der Waals surface area contributed by atoms with Crippen LogP contribution in [-0.2, 0) is 9.47 Å². The number of rotatable bonds is 4. The second-order valence-corrected chi connectivity index (χ2v) is 6.25. The zero-order valence-corrected chi connectivity index (χ0v) is 12.7. The van der Waals surface area contributed by atoms with Gasteiger partial charge in [-0.15, -0.1) is 0 Å². The maximum Gasteiger partial charge on any atom is 0.408 e. The zero-order valence-electron chi connectivity index (χ0n) is 12.7. The van der Waals surface area contributed by atoms with E-state index < -0.39 is 11.7 Å². The minimum atomic E-state index is -0.498. The predicted molar refractivity (Wildman–Crippen MR) is 75.5 cm³/mol. The number of nitrogens with zero attached hydrogens (tertiary/aromatic N) is 1. The van der Waals surface area contributed by atoms with Crippen LogP contribution in [0.5, 0.6) is 0 Å². The molecule has 0 saturated heterocycles. The fourth-order valence-electron chi connectivity index (χ4n) is 1.83. The Kier molecular flexibility index (Phi) is 5.63. The summed E-state index contributed by atoms with van der Waals surface area (Å²) >= 11 is 0. The molecule has 0 bridgehead atoms. The van der Waals surface area contributed by atoms with E-state index in [9.17, 15) is 4.79 Å². The van der Waals surface area contributed by atoms with Crippen LogP contribution in [0.1, 0.15) is 47.5 Å². The van der Waals surface area contributed by atoms with E-state index in [4.69, 9.17) is 9.47 Å². The smallest absolute Gasteiger partial charge is 0.408 e. The summed E-state index contributed by atoms with van der Waals surface area (Å²) in [5.74, 6) is 1.07. The zero-order chi connectivity index (χ0) is 14.5. The van der Waals surface area contributed by atoms with Crippen LogP contribution in [0.15, 0.2) is 4.99 Å². The van der Waals surface area contributed by atoms with Crippen LogP contribution in [-0.4, -0.2) is 36.8 Å². The first-order valence-electron chi connectivity index (χ1n) is 6.94. The van der Waals surface area contributed by atoms with Crippen molar-refractivity contribution < 1.29 is 14.3 Å². The highest BCUT2D eigenvalue weighted by molar-refractivity contribution is 5.86. The van der Waals surface area contributed by atoms with Crippen molar-refractivity contribution in [3.8, 4) is 0 Å². The first kappa shape index (κ1) is 15.8. The SMILES string of the molecule is CC(C)C[C@H](NC(=O)OC(C)(C)C)C1=NCCCO1. The number of hydrogen-bond acceptors (Lipinski definition) is 4. The summed E-state index contributed by atoms with van der Waals surface area (Å²) in [6, 6.07) is -0.199. The Bertz CT molecular complexity index is 332. The fraction of sp³-hybridized carbons (Fsp3) is 0.857. The lowest BCUT2D eigenvalue weighted by Crippen LogP contribution is -2.45. The van der Waals surface area contributed by atoms with Gasteiger partial charge in [0.2, 0.25) is 5.90 Å². The highest BCUT2D eigenvalue weighted by atomic mass is 16.6. The van der Waals surface area contributed by atoms with Gasteiger partial charge in [-0.3, -0.25) is 4.99 Å². The molecule has 0 aromatic carbocycles. The van der Waals surface area contributed by atoms with Crippen LogP contribution < -0.4 is 5.32 Å². The van der Waals surface area contributed by atoms with Crippen molar-refractivity contribution in [3.05, 3.63) is 0 Å². The largest absolute Gasteiger partial charge is 0.479 e. The Morgan fingerprint density at radius 2 is 2.16 bits per heavy atom. The van der Waals surface area contributed by atoms with Crippen LogP contribution in [0.25, 0.3) is 0 Å². The maximum absolute atomic E-state index is 11.8. The third kappa shape index (κ3) is 6.45. The molecule has 0 unspecified atom stereocenters. The van der Waals surface area contributed by atoms with Crippen molar-refractivity contribution in [1.29, 1.82) is 0 Å². The number of alkyl carbamates (subject to hydrolysis) is 1. The van der Waals surface area contributed by atoms with Crippen LogP contribution >= 0.6 is 0 Å². The van der Waals surface area contributed by atoms with E-state index in [0.29, 0.717) is 18.4 Å². The minimum absolute atomic E-state index is 0.199. The second kappa shape index (κ2) is 6.78. The van der Waals surface area contributed by atoms with Gasteiger partial charge >= 0.3 is 6.09 Å². The van der Waals surface area contributed by atoms with E-state index in [1.807, 2.05) is 20.8 Å². The Balaban J connectivity index is 2.64. The number of amides is 1. The van der Waals surface area contributed by atoms with Crippen molar-refractivity contribution >= 4 is 12.0 Å². The van der Waals surface area contributed by atoms with Gasteiger partial charge in [-0.2, -0.15) is 0 Å². The van der Waals surface area contributed by atoms with Crippen molar-refractivity contribution in [1.82, 2.24) is 5.32 Å². The average molecular weight is 270 g/mol. The number of hydrogen-bond donors (Lipinski definition) is 1. The third-order valence-electron chi connectivity index (χ3n) is 2.52. The molecular formula is C14H26N2O3.